The van der Waals surface area contributed by atoms with Gasteiger partial charge in [-0.1, -0.05) is 23.9 Å². The maximum Gasteiger partial charge on any atom is 0.416 e. The first kappa shape index (κ1) is 23.2. The molecular weight excluding hydrogens is 474 g/mol. The van der Waals surface area contributed by atoms with Gasteiger partial charge in [0.05, 0.1) is 16.9 Å². The average Bonchev–Trinajstić information content (AvgIpc) is 3.19. The summed E-state index contributed by atoms with van der Waals surface area (Å²) in [5, 5.41) is 13.3. The minimum atomic E-state index is -4.52. The molecule has 7 nitrogen and oxygen atoms in total. The second-order valence-corrected chi connectivity index (χ2v) is 7.95. The van der Waals surface area contributed by atoms with E-state index in [1.54, 1.807) is 12.1 Å². The van der Waals surface area contributed by atoms with E-state index in [1.807, 2.05) is 0 Å². The average molecular weight is 489 g/mol. The van der Waals surface area contributed by atoms with Crippen LogP contribution in [0.1, 0.15) is 15.9 Å². The lowest BCUT2D eigenvalue weighted by molar-refractivity contribution is -0.137. The van der Waals surface area contributed by atoms with Crippen LogP contribution < -0.4 is 10.6 Å². The van der Waals surface area contributed by atoms with E-state index in [-0.39, 0.29) is 22.7 Å². The normalized spacial score (nSPS) is 11.4. The summed E-state index contributed by atoms with van der Waals surface area (Å²) in [6.07, 6.45) is -3.05. The van der Waals surface area contributed by atoms with Crippen LogP contribution in [0.25, 0.3) is 5.65 Å². The summed E-state index contributed by atoms with van der Waals surface area (Å²) in [7, 11) is 0. The Balaban J connectivity index is 1.43. The number of pyridine rings is 1. The molecule has 2 heterocycles. The molecule has 0 aliphatic carbocycles. The van der Waals surface area contributed by atoms with Gasteiger partial charge in [0.2, 0.25) is 5.91 Å². The topological polar surface area (TPSA) is 88.4 Å². The third-order valence-electron chi connectivity index (χ3n) is 4.52. The number of halogens is 4. The monoisotopic (exact) mass is 489 g/mol. The van der Waals surface area contributed by atoms with Crippen LogP contribution in [0.15, 0.2) is 72.0 Å². The van der Waals surface area contributed by atoms with Gasteiger partial charge in [0, 0.05) is 17.6 Å². The van der Waals surface area contributed by atoms with E-state index in [0.29, 0.717) is 10.8 Å². The molecule has 4 rings (SSSR count). The van der Waals surface area contributed by atoms with Crippen molar-refractivity contribution < 1.29 is 27.2 Å². The van der Waals surface area contributed by atoms with Gasteiger partial charge in [-0.05, 0) is 48.5 Å². The number of amides is 2. The molecule has 4 aromatic rings. The molecule has 0 fully saturated rings. The first-order valence-electron chi connectivity index (χ1n) is 9.71. The van der Waals surface area contributed by atoms with Crippen LogP contribution in [0.4, 0.5) is 28.9 Å². The number of carbonyl (C=O) groups excluding carboxylic acids is 2. The molecule has 174 valence electrons. The highest BCUT2D eigenvalue weighted by Crippen LogP contribution is 2.30. The second-order valence-electron chi connectivity index (χ2n) is 7.01. The van der Waals surface area contributed by atoms with E-state index < -0.39 is 29.4 Å². The van der Waals surface area contributed by atoms with Gasteiger partial charge in [0.1, 0.15) is 5.82 Å². The van der Waals surface area contributed by atoms with Crippen LogP contribution in [-0.2, 0) is 11.0 Å². The number of hydrogen-bond donors (Lipinski definition) is 2. The number of rotatable bonds is 6. The van der Waals surface area contributed by atoms with Crippen molar-refractivity contribution in [2.45, 2.75) is 11.3 Å². The molecular formula is C22H15F4N5O2S. The van der Waals surface area contributed by atoms with Crippen LogP contribution in [0.2, 0.25) is 0 Å². The van der Waals surface area contributed by atoms with Gasteiger partial charge in [0.15, 0.2) is 10.8 Å². The molecule has 0 saturated carbocycles. The standard InChI is InChI=1S/C22H15F4N5O2S/c23-15-4-2-6-17(10-15)28-20(33)13-7-8-18-29-30-21(31(18)11-13)34-12-19(32)27-16-5-1-3-14(9-16)22(24,25)26/h1-11H,12H2,(H,27,32)(H,28,33). The molecule has 34 heavy (non-hydrogen) atoms. The van der Waals surface area contributed by atoms with E-state index in [2.05, 4.69) is 20.8 Å². The number of carbonyl (C=O) groups is 2. The Labute approximate surface area is 194 Å². The molecule has 0 unspecified atom stereocenters. The van der Waals surface area contributed by atoms with Crippen molar-refractivity contribution in [1.29, 1.82) is 0 Å². The maximum atomic E-state index is 13.3. The van der Waals surface area contributed by atoms with Crippen molar-refractivity contribution >= 4 is 40.6 Å². The van der Waals surface area contributed by atoms with Gasteiger partial charge in [0.25, 0.3) is 5.91 Å². The smallest absolute Gasteiger partial charge is 0.325 e. The molecule has 2 aromatic heterocycles. The highest BCUT2D eigenvalue weighted by molar-refractivity contribution is 7.99. The zero-order valence-corrected chi connectivity index (χ0v) is 18.0. The number of alkyl halides is 3. The third kappa shape index (κ3) is 5.52. The van der Waals surface area contributed by atoms with Crippen LogP contribution in [0.5, 0.6) is 0 Å². The number of hydrogen-bond acceptors (Lipinski definition) is 5. The van der Waals surface area contributed by atoms with E-state index in [4.69, 9.17) is 0 Å². The summed E-state index contributed by atoms with van der Waals surface area (Å²) >= 11 is 0.994. The first-order valence-corrected chi connectivity index (χ1v) is 10.7. The minimum Gasteiger partial charge on any atom is -0.325 e. The van der Waals surface area contributed by atoms with Crippen LogP contribution in [0.3, 0.4) is 0 Å². The fourth-order valence-electron chi connectivity index (χ4n) is 2.97. The Bertz CT molecular complexity index is 1370. The summed E-state index contributed by atoms with van der Waals surface area (Å²) in [6, 6.07) is 12.8. The number of anilines is 2. The predicted octanol–water partition coefficient (Wildman–Crippen LogP) is 4.87. The molecule has 2 N–H and O–H groups in total. The van der Waals surface area contributed by atoms with Gasteiger partial charge < -0.3 is 10.6 Å². The van der Waals surface area contributed by atoms with Crippen molar-refractivity contribution in [2.24, 2.45) is 0 Å². The number of aromatic nitrogens is 3. The lowest BCUT2D eigenvalue weighted by atomic mass is 10.2. The zero-order valence-electron chi connectivity index (χ0n) is 17.1. The summed E-state index contributed by atoms with van der Waals surface area (Å²) in [5.41, 5.74) is 0.0953. The fourth-order valence-corrected chi connectivity index (χ4v) is 3.69. The van der Waals surface area contributed by atoms with Crippen molar-refractivity contribution in [1.82, 2.24) is 14.6 Å². The SMILES string of the molecule is O=C(CSc1nnc2ccc(C(=O)Nc3cccc(F)c3)cn12)Nc1cccc(C(F)(F)F)c1. The Morgan fingerprint density at radius 3 is 2.41 bits per heavy atom. The van der Waals surface area contributed by atoms with Crippen molar-refractivity contribution in [3.8, 4) is 0 Å². The molecule has 2 amide bonds. The van der Waals surface area contributed by atoms with E-state index in [0.717, 1.165) is 23.9 Å². The fraction of sp³-hybridized carbons (Fsp3) is 0.0909. The Hall–Kier alpha value is -3.93. The van der Waals surface area contributed by atoms with Crippen LogP contribution in [0, 0.1) is 5.82 Å². The number of fused-ring (bicyclic) bond motifs is 1. The number of nitrogens with one attached hydrogen (secondary N) is 2. The number of thioether (sulfide) groups is 1. The molecule has 0 spiro atoms. The molecule has 0 bridgehead atoms. The largest absolute Gasteiger partial charge is 0.416 e. The molecule has 2 aromatic carbocycles. The van der Waals surface area contributed by atoms with Crippen LogP contribution in [-0.4, -0.2) is 32.2 Å². The Morgan fingerprint density at radius 1 is 0.941 bits per heavy atom. The summed E-state index contributed by atoms with van der Waals surface area (Å²) in [6.45, 7) is 0. The molecule has 0 atom stereocenters. The van der Waals surface area contributed by atoms with E-state index in [1.165, 1.54) is 47.0 Å². The predicted molar refractivity (Wildman–Crippen MR) is 118 cm³/mol. The Kier molecular flexibility index (Phi) is 6.50. The lowest BCUT2D eigenvalue weighted by Crippen LogP contribution is -2.15. The number of nitrogens with zero attached hydrogens (tertiary/aromatic N) is 3. The summed E-state index contributed by atoms with van der Waals surface area (Å²) < 4.78 is 53.4. The van der Waals surface area contributed by atoms with E-state index in [9.17, 15) is 27.2 Å². The minimum absolute atomic E-state index is 0.0165. The molecule has 0 saturated heterocycles. The van der Waals surface area contributed by atoms with Crippen LogP contribution >= 0.6 is 11.8 Å². The van der Waals surface area contributed by atoms with Gasteiger partial charge >= 0.3 is 6.18 Å². The molecule has 0 aliphatic rings. The molecule has 0 radical (unpaired) electrons. The van der Waals surface area contributed by atoms with Gasteiger partial charge in [-0.15, -0.1) is 10.2 Å². The van der Waals surface area contributed by atoms with Gasteiger partial charge in [-0.3, -0.25) is 14.0 Å². The number of benzene rings is 2. The van der Waals surface area contributed by atoms with E-state index >= 15 is 0 Å². The molecule has 12 heteroatoms. The first-order chi connectivity index (χ1) is 16.2. The lowest BCUT2D eigenvalue weighted by Gasteiger charge is -2.09. The Morgan fingerprint density at radius 2 is 1.68 bits per heavy atom. The van der Waals surface area contributed by atoms with Gasteiger partial charge in [-0.2, -0.15) is 13.2 Å². The van der Waals surface area contributed by atoms with Crippen molar-refractivity contribution in [2.75, 3.05) is 16.4 Å². The summed E-state index contributed by atoms with van der Waals surface area (Å²) in [5.74, 6) is -1.67. The third-order valence-corrected chi connectivity index (χ3v) is 5.46. The quantitative estimate of drug-likeness (QED) is 0.298. The maximum absolute atomic E-state index is 13.3. The second kappa shape index (κ2) is 9.51. The zero-order chi connectivity index (χ0) is 24.3. The molecule has 0 aliphatic heterocycles. The van der Waals surface area contributed by atoms with Gasteiger partial charge in [-0.25, -0.2) is 4.39 Å². The van der Waals surface area contributed by atoms with Crippen molar-refractivity contribution in [3.05, 3.63) is 83.8 Å². The van der Waals surface area contributed by atoms with Crippen molar-refractivity contribution in [3.63, 3.8) is 0 Å². The highest BCUT2D eigenvalue weighted by Gasteiger charge is 2.30. The highest BCUT2D eigenvalue weighted by atomic mass is 32.2. The summed E-state index contributed by atoms with van der Waals surface area (Å²) in [4.78, 5) is 24.8.